The van der Waals surface area contributed by atoms with E-state index in [0.29, 0.717) is 0 Å². The third kappa shape index (κ3) is 3.94. The molecule has 5 nitrogen and oxygen atoms in total. The van der Waals surface area contributed by atoms with Crippen molar-refractivity contribution in [3.63, 3.8) is 0 Å². The van der Waals surface area contributed by atoms with Gasteiger partial charge in [-0.3, -0.25) is 4.79 Å². The van der Waals surface area contributed by atoms with Crippen LogP contribution in [-0.4, -0.2) is 14.3 Å². The van der Waals surface area contributed by atoms with Crippen LogP contribution in [0.15, 0.2) is 47.4 Å². The topological polar surface area (TPSA) is 86.5 Å². The monoisotopic (exact) mass is 347 g/mol. The summed E-state index contributed by atoms with van der Waals surface area (Å²) in [5, 5.41) is 0. The van der Waals surface area contributed by atoms with Gasteiger partial charge in [0.1, 0.15) is 10.6 Å². The first-order valence-electron chi connectivity index (χ1n) is 7.46. The second kappa shape index (κ2) is 6.28. The highest BCUT2D eigenvalue weighted by atomic mass is 32.2. The lowest BCUT2D eigenvalue weighted by atomic mass is 9.86. The number of carbonyl (C=O) groups excluding carboxylic acids is 1. The van der Waals surface area contributed by atoms with Crippen LogP contribution in [0.2, 0.25) is 0 Å². The van der Waals surface area contributed by atoms with E-state index in [-0.39, 0.29) is 21.6 Å². The Morgan fingerprint density at radius 3 is 2.08 bits per heavy atom. The molecule has 0 aliphatic heterocycles. The van der Waals surface area contributed by atoms with Crippen molar-refractivity contribution in [3.05, 3.63) is 59.2 Å². The smallest absolute Gasteiger partial charge is 0.339 e. The van der Waals surface area contributed by atoms with Crippen molar-refractivity contribution in [2.24, 2.45) is 5.73 Å². The highest BCUT2D eigenvalue weighted by Gasteiger charge is 2.20. The van der Waals surface area contributed by atoms with E-state index in [2.05, 4.69) is 20.8 Å². The number of amides is 1. The Morgan fingerprint density at radius 1 is 1.04 bits per heavy atom. The normalized spacial score (nSPS) is 12.0. The standard InChI is InChI=1S/C18H21NO4S/c1-12-11-14(18(2,3)4)7-10-16(12)23-24(21,22)15-8-5-13(6-9-15)17(19)20/h5-11H,1-4H3,(H2,19,20). The summed E-state index contributed by atoms with van der Waals surface area (Å²) < 4.78 is 30.0. The van der Waals surface area contributed by atoms with Gasteiger partial charge < -0.3 is 9.92 Å². The fraction of sp³-hybridized carbons (Fsp3) is 0.278. The van der Waals surface area contributed by atoms with E-state index in [4.69, 9.17) is 9.92 Å². The molecule has 0 bridgehead atoms. The van der Waals surface area contributed by atoms with E-state index in [1.807, 2.05) is 12.1 Å². The summed E-state index contributed by atoms with van der Waals surface area (Å²) in [5.41, 5.74) is 7.18. The fourth-order valence-electron chi connectivity index (χ4n) is 2.16. The van der Waals surface area contributed by atoms with E-state index in [1.54, 1.807) is 13.0 Å². The molecular formula is C18H21NO4S. The van der Waals surface area contributed by atoms with Crippen molar-refractivity contribution in [1.82, 2.24) is 0 Å². The maximum atomic E-state index is 12.4. The molecule has 0 unspecified atom stereocenters. The summed E-state index contributed by atoms with van der Waals surface area (Å²) >= 11 is 0. The molecule has 24 heavy (non-hydrogen) atoms. The molecule has 0 radical (unpaired) electrons. The first-order chi connectivity index (χ1) is 11.0. The Hall–Kier alpha value is -2.34. The number of nitrogens with two attached hydrogens (primary N) is 1. The van der Waals surface area contributed by atoms with Gasteiger partial charge >= 0.3 is 10.1 Å². The van der Waals surface area contributed by atoms with Gasteiger partial charge in [-0.25, -0.2) is 0 Å². The number of rotatable bonds is 4. The molecule has 1 amide bonds. The Morgan fingerprint density at radius 2 is 1.62 bits per heavy atom. The fourth-order valence-corrected chi connectivity index (χ4v) is 3.15. The zero-order chi connectivity index (χ0) is 18.1. The van der Waals surface area contributed by atoms with Crippen molar-refractivity contribution in [1.29, 1.82) is 0 Å². The van der Waals surface area contributed by atoms with Crippen LogP contribution in [-0.2, 0) is 15.5 Å². The van der Waals surface area contributed by atoms with Crippen molar-refractivity contribution in [2.45, 2.75) is 38.0 Å². The third-order valence-corrected chi connectivity index (χ3v) is 4.92. The average Bonchev–Trinajstić information content (AvgIpc) is 2.48. The van der Waals surface area contributed by atoms with E-state index in [0.717, 1.165) is 11.1 Å². The minimum atomic E-state index is -3.98. The predicted octanol–water partition coefficient (Wildman–Crippen LogP) is 3.16. The van der Waals surface area contributed by atoms with Gasteiger partial charge in [-0.1, -0.05) is 32.9 Å². The van der Waals surface area contributed by atoms with E-state index in [9.17, 15) is 13.2 Å². The Balaban J connectivity index is 2.31. The molecule has 2 rings (SSSR count). The zero-order valence-electron chi connectivity index (χ0n) is 14.2. The van der Waals surface area contributed by atoms with Crippen LogP contribution >= 0.6 is 0 Å². The minimum absolute atomic E-state index is 0.0350. The molecule has 0 aliphatic rings. The molecule has 0 fully saturated rings. The second-order valence-corrected chi connectivity index (χ2v) is 8.20. The molecule has 2 N–H and O–H groups in total. The third-order valence-electron chi connectivity index (χ3n) is 3.67. The molecule has 0 aromatic heterocycles. The molecular weight excluding hydrogens is 326 g/mol. The summed E-state index contributed by atoms with van der Waals surface area (Å²) in [4.78, 5) is 11.0. The van der Waals surface area contributed by atoms with Gasteiger partial charge in [0.05, 0.1) is 0 Å². The number of hydrogen-bond acceptors (Lipinski definition) is 4. The van der Waals surface area contributed by atoms with Crippen LogP contribution in [0.3, 0.4) is 0 Å². The van der Waals surface area contributed by atoms with Crippen molar-refractivity contribution in [2.75, 3.05) is 0 Å². The number of benzene rings is 2. The quantitative estimate of drug-likeness (QED) is 0.861. The Kier molecular flexibility index (Phi) is 4.71. The molecule has 0 aliphatic carbocycles. The Labute approximate surface area is 142 Å². The summed E-state index contributed by atoms with van der Waals surface area (Å²) in [6, 6.07) is 10.7. The lowest BCUT2D eigenvalue weighted by molar-refractivity contribution is 0.1000. The van der Waals surface area contributed by atoms with Crippen molar-refractivity contribution in [3.8, 4) is 5.75 Å². The van der Waals surface area contributed by atoms with Crippen LogP contribution in [0, 0.1) is 6.92 Å². The average molecular weight is 347 g/mol. The lowest BCUT2D eigenvalue weighted by Crippen LogP contribution is -2.14. The van der Waals surface area contributed by atoms with Gasteiger partial charge in [0.2, 0.25) is 5.91 Å². The van der Waals surface area contributed by atoms with E-state index < -0.39 is 16.0 Å². The molecule has 0 heterocycles. The van der Waals surface area contributed by atoms with Crippen LogP contribution in [0.1, 0.15) is 42.3 Å². The molecule has 0 spiro atoms. The van der Waals surface area contributed by atoms with Gasteiger partial charge in [-0.15, -0.1) is 0 Å². The molecule has 128 valence electrons. The number of aryl methyl sites for hydroxylation is 1. The first kappa shape index (κ1) is 18.0. The molecule has 0 saturated heterocycles. The molecule has 2 aromatic carbocycles. The number of carbonyl (C=O) groups is 1. The minimum Gasteiger partial charge on any atom is -0.379 e. The van der Waals surface area contributed by atoms with Gasteiger partial charge in [-0.05, 0) is 53.8 Å². The summed E-state index contributed by atoms with van der Waals surface area (Å²) in [7, 11) is -3.98. The van der Waals surface area contributed by atoms with Gasteiger partial charge in [0, 0.05) is 5.56 Å². The summed E-state index contributed by atoms with van der Waals surface area (Å²) in [5.74, 6) is -0.338. The van der Waals surface area contributed by atoms with Crippen LogP contribution < -0.4 is 9.92 Å². The molecule has 6 heteroatoms. The molecule has 2 aromatic rings. The van der Waals surface area contributed by atoms with Gasteiger partial charge in [0.25, 0.3) is 0 Å². The summed E-state index contributed by atoms with van der Waals surface area (Å²) in [6.45, 7) is 8.05. The first-order valence-corrected chi connectivity index (χ1v) is 8.87. The maximum absolute atomic E-state index is 12.4. The van der Waals surface area contributed by atoms with Gasteiger partial charge in [0.15, 0.2) is 0 Å². The predicted molar refractivity (Wildman–Crippen MR) is 92.7 cm³/mol. The number of primary amides is 1. The van der Waals surface area contributed by atoms with Crippen LogP contribution in [0.25, 0.3) is 0 Å². The van der Waals surface area contributed by atoms with Crippen molar-refractivity contribution >= 4 is 16.0 Å². The molecule has 0 saturated carbocycles. The Bertz CT molecular complexity index is 863. The maximum Gasteiger partial charge on any atom is 0.339 e. The van der Waals surface area contributed by atoms with Crippen LogP contribution in [0.5, 0.6) is 5.75 Å². The van der Waals surface area contributed by atoms with Crippen LogP contribution in [0.4, 0.5) is 0 Å². The lowest BCUT2D eigenvalue weighted by Gasteiger charge is -2.20. The SMILES string of the molecule is Cc1cc(C(C)(C)C)ccc1OS(=O)(=O)c1ccc(C(N)=O)cc1. The second-order valence-electron chi connectivity index (χ2n) is 6.66. The highest BCUT2D eigenvalue weighted by molar-refractivity contribution is 7.87. The molecule has 0 atom stereocenters. The van der Waals surface area contributed by atoms with Gasteiger partial charge in [-0.2, -0.15) is 8.42 Å². The summed E-state index contributed by atoms with van der Waals surface area (Å²) in [6.07, 6.45) is 0. The zero-order valence-corrected chi connectivity index (χ0v) is 15.0. The van der Waals surface area contributed by atoms with Crippen molar-refractivity contribution < 1.29 is 17.4 Å². The number of hydrogen-bond donors (Lipinski definition) is 1. The largest absolute Gasteiger partial charge is 0.379 e. The van der Waals surface area contributed by atoms with E-state index >= 15 is 0 Å². The highest BCUT2D eigenvalue weighted by Crippen LogP contribution is 2.29. The van der Waals surface area contributed by atoms with E-state index in [1.165, 1.54) is 24.3 Å².